The summed E-state index contributed by atoms with van der Waals surface area (Å²) in [5.74, 6) is -0.982. The summed E-state index contributed by atoms with van der Waals surface area (Å²) in [4.78, 5) is 4.22. The first kappa shape index (κ1) is 19.5. The standard InChI is InChI=1S/C18H15F5N4O2/c1-2-28-17(19,20)16-26-25-15-8-24-14(9-27(15)16)12-6-5-11(29-18(21,22)23)7-13(12)10-3-4-10/h5-10H,2-4H2,1H3. The lowest BCUT2D eigenvalue weighted by molar-refractivity contribution is -0.274. The molecular weight excluding hydrogens is 399 g/mol. The van der Waals surface area contributed by atoms with Crippen molar-refractivity contribution >= 4 is 5.65 Å². The number of aromatic nitrogens is 4. The number of benzene rings is 1. The third kappa shape index (κ3) is 4.00. The highest BCUT2D eigenvalue weighted by Crippen LogP contribution is 2.45. The van der Waals surface area contributed by atoms with Gasteiger partial charge in [-0.2, -0.15) is 8.78 Å². The first-order valence-electron chi connectivity index (χ1n) is 8.81. The number of fused-ring (bicyclic) bond motifs is 1. The van der Waals surface area contributed by atoms with Crippen molar-refractivity contribution in [3.63, 3.8) is 0 Å². The van der Waals surface area contributed by atoms with E-state index < -0.39 is 18.3 Å². The zero-order chi connectivity index (χ0) is 20.8. The van der Waals surface area contributed by atoms with Crippen LogP contribution in [-0.4, -0.2) is 32.6 Å². The number of halogens is 5. The van der Waals surface area contributed by atoms with Crippen molar-refractivity contribution in [1.82, 2.24) is 19.6 Å². The first-order chi connectivity index (χ1) is 13.7. The highest BCUT2D eigenvalue weighted by molar-refractivity contribution is 5.67. The molecule has 0 aliphatic heterocycles. The van der Waals surface area contributed by atoms with E-state index in [1.807, 2.05) is 0 Å². The molecule has 1 fully saturated rings. The van der Waals surface area contributed by atoms with Crippen LogP contribution in [0.2, 0.25) is 0 Å². The van der Waals surface area contributed by atoms with Crippen molar-refractivity contribution in [1.29, 1.82) is 0 Å². The number of ether oxygens (including phenoxy) is 2. The van der Waals surface area contributed by atoms with Crippen LogP contribution in [0.15, 0.2) is 30.6 Å². The fourth-order valence-corrected chi connectivity index (χ4v) is 3.09. The van der Waals surface area contributed by atoms with E-state index in [9.17, 15) is 22.0 Å². The molecule has 1 aromatic carbocycles. The molecular formula is C18H15F5N4O2. The van der Waals surface area contributed by atoms with E-state index in [0.717, 1.165) is 17.2 Å². The van der Waals surface area contributed by atoms with E-state index in [1.54, 1.807) is 0 Å². The second-order valence-corrected chi connectivity index (χ2v) is 6.55. The third-order valence-electron chi connectivity index (χ3n) is 4.43. The number of hydrogen-bond acceptors (Lipinski definition) is 5. The van der Waals surface area contributed by atoms with Gasteiger partial charge in [-0.1, -0.05) is 0 Å². The number of nitrogens with zero attached hydrogens (tertiary/aromatic N) is 4. The minimum atomic E-state index is -4.80. The molecule has 0 amide bonds. The second-order valence-electron chi connectivity index (χ2n) is 6.55. The van der Waals surface area contributed by atoms with Crippen molar-refractivity contribution in [2.24, 2.45) is 0 Å². The molecule has 29 heavy (non-hydrogen) atoms. The van der Waals surface area contributed by atoms with E-state index in [1.165, 1.54) is 37.5 Å². The highest BCUT2D eigenvalue weighted by atomic mass is 19.4. The molecule has 0 N–H and O–H groups in total. The maximum Gasteiger partial charge on any atom is 0.573 e. The van der Waals surface area contributed by atoms with Gasteiger partial charge >= 0.3 is 12.5 Å². The minimum Gasteiger partial charge on any atom is -0.406 e. The Morgan fingerprint density at radius 2 is 1.90 bits per heavy atom. The smallest absolute Gasteiger partial charge is 0.406 e. The van der Waals surface area contributed by atoms with Gasteiger partial charge in [0.2, 0.25) is 5.82 Å². The van der Waals surface area contributed by atoms with Gasteiger partial charge in [0.05, 0.1) is 18.5 Å². The van der Waals surface area contributed by atoms with Crippen molar-refractivity contribution in [3.8, 4) is 17.0 Å². The maximum absolute atomic E-state index is 14.2. The van der Waals surface area contributed by atoms with Crippen LogP contribution in [-0.2, 0) is 10.8 Å². The quantitative estimate of drug-likeness (QED) is 0.550. The van der Waals surface area contributed by atoms with Gasteiger partial charge in [-0.3, -0.25) is 9.38 Å². The second kappa shape index (κ2) is 6.90. The topological polar surface area (TPSA) is 61.5 Å². The number of rotatable bonds is 6. The van der Waals surface area contributed by atoms with Gasteiger partial charge in [-0.15, -0.1) is 23.4 Å². The summed E-state index contributed by atoms with van der Waals surface area (Å²) in [6, 6.07) is 3.92. The van der Waals surface area contributed by atoms with Gasteiger partial charge in [-0.25, -0.2) is 0 Å². The molecule has 0 radical (unpaired) electrons. The SMILES string of the molecule is CCOC(F)(F)c1nnc2cnc(-c3ccc(OC(F)(F)F)cc3C3CC3)cn12. The van der Waals surface area contributed by atoms with Crippen LogP contribution in [0.25, 0.3) is 16.9 Å². The maximum atomic E-state index is 14.2. The summed E-state index contributed by atoms with van der Waals surface area (Å²) in [7, 11) is 0. The van der Waals surface area contributed by atoms with Crippen LogP contribution in [0.1, 0.15) is 37.1 Å². The lowest BCUT2D eigenvalue weighted by Gasteiger charge is -2.15. The monoisotopic (exact) mass is 414 g/mol. The Labute approximate surface area is 161 Å². The van der Waals surface area contributed by atoms with E-state index in [-0.39, 0.29) is 23.9 Å². The fourth-order valence-electron chi connectivity index (χ4n) is 3.09. The molecule has 0 spiro atoms. The Kier molecular flexibility index (Phi) is 4.64. The van der Waals surface area contributed by atoms with Gasteiger partial charge in [0.25, 0.3) is 0 Å². The Morgan fingerprint density at radius 1 is 1.14 bits per heavy atom. The summed E-state index contributed by atoms with van der Waals surface area (Å²) in [5.41, 5.74) is 1.53. The summed E-state index contributed by atoms with van der Waals surface area (Å²) in [6.07, 6.45) is -4.25. The van der Waals surface area contributed by atoms with Crippen LogP contribution in [0.5, 0.6) is 5.75 Å². The van der Waals surface area contributed by atoms with E-state index in [2.05, 4.69) is 24.7 Å². The van der Waals surface area contributed by atoms with Gasteiger partial charge in [-0.05, 0) is 49.4 Å². The molecule has 3 aromatic rings. The molecule has 11 heteroatoms. The molecule has 154 valence electrons. The highest BCUT2D eigenvalue weighted by Gasteiger charge is 2.38. The van der Waals surface area contributed by atoms with Crippen LogP contribution in [0.4, 0.5) is 22.0 Å². The van der Waals surface area contributed by atoms with Gasteiger partial charge in [0.1, 0.15) is 5.75 Å². The van der Waals surface area contributed by atoms with Gasteiger partial charge in [0, 0.05) is 11.8 Å². The molecule has 2 aromatic heterocycles. The van der Waals surface area contributed by atoms with Crippen molar-refractivity contribution in [2.75, 3.05) is 6.61 Å². The average Bonchev–Trinajstić information content (AvgIpc) is 3.38. The predicted molar refractivity (Wildman–Crippen MR) is 90.4 cm³/mol. The normalized spacial score (nSPS) is 15.1. The zero-order valence-electron chi connectivity index (χ0n) is 15.1. The summed E-state index contributed by atoms with van der Waals surface area (Å²) >= 11 is 0. The Hall–Kier alpha value is -2.82. The van der Waals surface area contributed by atoms with Crippen molar-refractivity contribution < 1.29 is 31.4 Å². The molecule has 4 rings (SSSR count). The van der Waals surface area contributed by atoms with E-state index >= 15 is 0 Å². The van der Waals surface area contributed by atoms with Crippen LogP contribution in [0, 0.1) is 0 Å². The molecule has 0 unspecified atom stereocenters. The molecule has 0 bridgehead atoms. The summed E-state index contributed by atoms with van der Waals surface area (Å²) in [6.45, 7) is 1.20. The number of hydrogen-bond donors (Lipinski definition) is 0. The minimum absolute atomic E-state index is 0.0597. The fraction of sp³-hybridized carbons (Fsp3) is 0.389. The molecule has 1 aliphatic carbocycles. The molecule has 0 atom stereocenters. The molecule has 1 saturated carbocycles. The van der Waals surface area contributed by atoms with E-state index in [0.29, 0.717) is 16.8 Å². The lowest BCUT2D eigenvalue weighted by Crippen LogP contribution is -2.21. The van der Waals surface area contributed by atoms with Crippen molar-refractivity contribution in [2.45, 2.75) is 38.2 Å². The largest absolute Gasteiger partial charge is 0.573 e. The van der Waals surface area contributed by atoms with Gasteiger partial charge < -0.3 is 9.47 Å². The van der Waals surface area contributed by atoms with E-state index in [4.69, 9.17) is 0 Å². The Bertz CT molecular complexity index is 1050. The van der Waals surface area contributed by atoms with Crippen LogP contribution < -0.4 is 4.74 Å². The summed E-state index contributed by atoms with van der Waals surface area (Å²) in [5, 5.41) is 7.17. The zero-order valence-corrected chi connectivity index (χ0v) is 15.1. The summed E-state index contributed by atoms with van der Waals surface area (Å²) < 4.78 is 75.5. The number of alkyl halides is 5. The average molecular weight is 414 g/mol. The van der Waals surface area contributed by atoms with Crippen LogP contribution >= 0.6 is 0 Å². The molecule has 2 heterocycles. The lowest BCUT2D eigenvalue weighted by atomic mass is 10.0. The first-order valence-corrected chi connectivity index (χ1v) is 8.81. The Balaban J connectivity index is 1.78. The predicted octanol–water partition coefficient (Wildman–Crippen LogP) is 4.65. The molecule has 0 saturated heterocycles. The molecule has 1 aliphatic rings. The van der Waals surface area contributed by atoms with Gasteiger partial charge in [0.15, 0.2) is 5.65 Å². The van der Waals surface area contributed by atoms with Crippen molar-refractivity contribution in [3.05, 3.63) is 42.0 Å². The molecule has 6 nitrogen and oxygen atoms in total. The Morgan fingerprint density at radius 3 is 2.55 bits per heavy atom. The van der Waals surface area contributed by atoms with Crippen LogP contribution in [0.3, 0.4) is 0 Å². The third-order valence-corrected chi connectivity index (χ3v) is 4.43.